The van der Waals surface area contributed by atoms with Crippen molar-refractivity contribution in [2.45, 2.75) is 0 Å². The average molecular weight is 277 g/mol. The SMILES string of the molecule is c1ccc(-n2c(-c3cccs3)nc3ccccc32)nc1. The summed E-state index contributed by atoms with van der Waals surface area (Å²) in [5.74, 6) is 1.84. The third kappa shape index (κ3) is 1.73. The summed E-state index contributed by atoms with van der Waals surface area (Å²) in [5.41, 5.74) is 2.07. The predicted molar refractivity (Wildman–Crippen MR) is 82.2 cm³/mol. The molecule has 3 nitrogen and oxygen atoms in total. The highest BCUT2D eigenvalue weighted by molar-refractivity contribution is 7.13. The number of imidazole rings is 1. The van der Waals surface area contributed by atoms with Gasteiger partial charge in [-0.15, -0.1) is 11.3 Å². The van der Waals surface area contributed by atoms with Crippen molar-refractivity contribution in [1.82, 2.24) is 14.5 Å². The minimum Gasteiger partial charge on any atom is -0.276 e. The Hall–Kier alpha value is -2.46. The van der Waals surface area contributed by atoms with Gasteiger partial charge in [-0.25, -0.2) is 9.97 Å². The molecule has 96 valence electrons. The first-order chi connectivity index (χ1) is 9.93. The fourth-order valence-electron chi connectivity index (χ4n) is 2.31. The molecule has 0 aliphatic heterocycles. The van der Waals surface area contributed by atoms with Gasteiger partial charge >= 0.3 is 0 Å². The number of nitrogens with zero attached hydrogens (tertiary/aromatic N) is 3. The van der Waals surface area contributed by atoms with Crippen molar-refractivity contribution in [2.75, 3.05) is 0 Å². The number of thiophene rings is 1. The second-order valence-electron chi connectivity index (χ2n) is 4.42. The standard InChI is InChI=1S/C16H11N3S/c1-2-7-13-12(6-1)18-16(14-8-5-11-20-14)19(13)15-9-3-4-10-17-15/h1-11H. The van der Waals surface area contributed by atoms with E-state index in [0.29, 0.717) is 0 Å². The zero-order valence-electron chi connectivity index (χ0n) is 10.6. The normalized spacial score (nSPS) is 11.0. The van der Waals surface area contributed by atoms with Crippen LogP contribution in [0.3, 0.4) is 0 Å². The lowest BCUT2D eigenvalue weighted by molar-refractivity contribution is 1.04. The molecular formula is C16H11N3S. The fraction of sp³-hybridized carbons (Fsp3) is 0. The highest BCUT2D eigenvalue weighted by Crippen LogP contribution is 2.30. The molecule has 4 heteroatoms. The Labute approximate surface area is 120 Å². The van der Waals surface area contributed by atoms with Crippen molar-refractivity contribution >= 4 is 22.4 Å². The zero-order chi connectivity index (χ0) is 13.4. The number of fused-ring (bicyclic) bond motifs is 1. The van der Waals surface area contributed by atoms with Gasteiger partial charge in [-0.1, -0.05) is 24.3 Å². The van der Waals surface area contributed by atoms with Gasteiger partial charge in [0.25, 0.3) is 0 Å². The highest BCUT2D eigenvalue weighted by atomic mass is 32.1. The minimum atomic E-state index is 0.893. The number of para-hydroxylation sites is 2. The zero-order valence-corrected chi connectivity index (χ0v) is 11.4. The van der Waals surface area contributed by atoms with Crippen LogP contribution in [-0.2, 0) is 0 Å². The maximum absolute atomic E-state index is 4.76. The van der Waals surface area contributed by atoms with E-state index in [2.05, 4.69) is 27.1 Å². The Kier molecular flexibility index (Phi) is 2.60. The van der Waals surface area contributed by atoms with Crippen molar-refractivity contribution < 1.29 is 0 Å². The lowest BCUT2D eigenvalue weighted by Crippen LogP contribution is -1.98. The highest BCUT2D eigenvalue weighted by Gasteiger charge is 2.14. The minimum absolute atomic E-state index is 0.893. The molecule has 0 fully saturated rings. The molecule has 3 aromatic heterocycles. The van der Waals surface area contributed by atoms with E-state index >= 15 is 0 Å². The number of rotatable bonds is 2. The van der Waals surface area contributed by atoms with Gasteiger partial charge in [-0.3, -0.25) is 4.57 Å². The molecular weight excluding hydrogens is 266 g/mol. The molecule has 0 N–H and O–H groups in total. The Bertz CT molecular complexity index is 848. The fourth-order valence-corrected chi connectivity index (χ4v) is 3.02. The van der Waals surface area contributed by atoms with Gasteiger partial charge in [0.05, 0.1) is 15.9 Å². The van der Waals surface area contributed by atoms with E-state index in [1.54, 1.807) is 11.3 Å². The van der Waals surface area contributed by atoms with Gasteiger partial charge in [0.1, 0.15) is 5.82 Å². The molecule has 20 heavy (non-hydrogen) atoms. The van der Waals surface area contributed by atoms with Gasteiger partial charge < -0.3 is 0 Å². The molecule has 0 spiro atoms. The van der Waals surface area contributed by atoms with Crippen LogP contribution in [0.4, 0.5) is 0 Å². The van der Waals surface area contributed by atoms with E-state index in [4.69, 9.17) is 4.98 Å². The quantitative estimate of drug-likeness (QED) is 0.551. The van der Waals surface area contributed by atoms with Gasteiger partial charge in [-0.2, -0.15) is 0 Å². The van der Waals surface area contributed by atoms with Crippen molar-refractivity contribution in [3.8, 4) is 16.5 Å². The molecule has 0 saturated heterocycles. The van der Waals surface area contributed by atoms with E-state index in [0.717, 1.165) is 27.6 Å². The molecule has 0 bridgehead atoms. The lowest BCUT2D eigenvalue weighted by Gasteiger charge is -2.06. The monoisotopic (exact) mass is 277 g/mol. The number of aromatic nitrogens is 3. The molecule has 0 aliphatic carbocycles. The molecule has 4 rings (SSSR count). The first-order valence-electron chi connectivity index (χ1n) is 6.36. The van der Waals surface area contributed by atoms with E-state index in [1.165, 1.54) is 0 Å². The summed E-state index contributed by atoms with van der Waals surface area (Å²) in [4.78, 5) is 10.4. The summed E-state index contributed by atoms with van der Waals surface area (Å²) >= 11 is 1.69. The van der Waals surface area contributed by atoms with Crippen LogP contribution in [0.2, 0.25) is 0 Å². The Balaban J connectivity index is 2.09. The van der Waals surface area contributed by atoms with Gasteiger partial charge in [0.2, 0.25) is 0 Å². The summed E-state index contributed by atoms with van der Waals surface area (Å²) in [6.45, 7) is 0. The Morgan fingerprint density at radius 3 is 2.60 bits per heavy atom. The summed E-state index contributed by atoms with van der Waals surface area (Å²) in [6, 6.07) is 18.2. The first-order valence-corrected chi connectivity index (χ1v) is 7.24. The maximum atomic E-state index is 4.76. The van der Waals surface area contributed by atoms with Gasteiger partial charge in [0, 0.05) is 6.20 Å². The van der Waals surface area contributed by atoms with E-state index in [1.807, 2.05) is 48.7 Å². The van der Waals surface area contributed by atoms with Crippen molar-refractivity contribution in [1.29, 1.82) is 0 Å². The number of hydrogen-bond donors (Lipinski definition) is 0. The topological polar surface area (TPSA) is 30.7 Å². The third-order valence-electron chi connectivity index (χ3n) is 3.18. The largest absolute Gasteiger partial charge is 0.276 e. The molecule has 0 radical (unpaired) electrons. The smallest absolute Gasteiger partial charge is 0.157 e. The molecule has 0 saturated carbocycles. The first kappa shape index (κ1) is 11.4. The Morgan fingerprint density at radius 2 is 1.80 bits per heavy atom. The van der Waals surface area contributed by atoms with Crippen molar-refractivity contribution in [3.05, 3.63) is 66.2 Å². The average Bonchev–Trinajstić information content (AvgIpc) is 3.15. The second kappa shape index (κ2) is 4.58. The molecule has 0 amide bonds. The van der Waals surface area contributed by atoms with Crippen LogP contribution in [0.15, 0.2) is 66.2 Å². The van der Waals surface area contributed by atoms with Crippen molar-refractivity contribution in [2.24, 2.45) is 0 Å². The molecule has 1 aromatic carbocycles. The second-order valence-corrected chi connectivity index (χ2v) is 5.37. The number of hydrogen-bond acceptors (Lipinski definition) is 3. The van der Waals surface area contributed by atoms with Crippen LogP contribution in [-0.4, -0.2) is 14.5 Å². The molecule has 0 aliphatic rings. The lowest BCUT2D eigenvalue weighted by atomic mass is 10.3. The number of benzene rings is 1. The van der Waals surface area contributed by atoms with Crippen LogP contribution >= 0.6 is 11.3 Å². The summed E-state index contributed by atoms with van der Waals surface area (Å²) in [5, 5.41) is 2.07. The van der Waals surface area contributed by atoms with Crippen LogP contribution in [0.25, 0.3) is 27.6 Å². The van der Waals surface area contributed by atoms with E-state index in [9.17, 15) is 0 Å². The molecule has 0 atom stereocenters. The van der Waals surface area contributed by atoms with Gasteiger partial charge in [0.15, 0.2) is 5.82 Å². The van der Waals surface area contributed by atoms with Crippen LogP contribution < -0.4 is 0 Å². The molecule has 0 unspecified atom stereocenters. The molecule has 3 heterocycles. The summed E-state index contributed by atoms with van der Waals surface area (Å²) < 4.78 is 2.11. The third-order valence-corrected chi connectivity index (χ3v) is 4.05. The maximum Gasteiger partial charge on any atom is 0.157 e. The van der Waals surface area contributed by atoms with E-state index < -0.39 is 0 Å². The predicted octanol–water partition coefficient (Wildman–Crippen LogP) is 4.15. The number of pyridine rings is 1. The van der Waals surface area contributed by atoms with Gasteiger partial charge in [-0.05, 0) is 35.7 Å². The summed E-state index contributed by atoms with van der Waals surface area (Å²) in [6.07, 6.45) is 1.81. The Morgan fingerprint density at radius 1 is 0.900 bits per heavy atom. The van der Waals surface area contributed by atoms with Crippen LogP contribution in [0.1, 0.15) is 0 Å². The summed E-state index contributed by atoms with van der Waals surface area (Å²) in [7, 11) is 0. The molecule has 4 aromatic rings. The van der Waals surface area contributed by atoms with Crippen LogP contribution in [0.5, 0.6) is 0 Å². The van der Waals surface area contributed by atoms with E-state index in [-0.39, 0.29) is 0 Å². The van der Waals surface area contributed by atoms with Crippen molar-refractivity contribution in [3.63, 3.8) is 0 Å². The van der Waals surface area contributed by atoms with Crippen LogP contribution in [0, 0.1) is 0 Å².